The molecule has 7 nitrogen and oxygen atoms in total. The molecule has 1 aliphatic rings. The van der Waals surface area contributed by atoms with E-state index in [0.29, 0.717) is 12.2 Å². The topological polar surface area (TPSA) is 74.8 Å². The monoisotopic (exact) mass is 363 g/mol. The molecule has 3 aromatic rings. The third-order valence-corrected chi connectivity index (χ3v) is 4.88. The van der Waals surface area contributed by atoms with Crippen molar-refractivity contribution >= 4 is 22.6 Å². The van der Waals surface area contributed by atoms with E-state index in [1.54, 1.807) is 18.2 Å². The van der Waals surface area contributed by atoms with Gasteiger partial charge in [0.2, 0.25) is 0 Å². The summed E-state index contributed by atoms with van der Waals surface area (Å²) in [4.78, 5) is 12.7. The molecule has 1 aromatic carbocycles. The predicted molar refractivity (Wildman–Crippen MR) is 89.2 cm³/mol. The van der Waals surface area contributed by atoms with E-state index in [4.69, 9.17) is 16.3 Å². The van der Waals surface area contributed by atoms with Crippen molar-refractivity contribution in [2.75, 3.05) is 6.61 Å². The molecule has 130 valence electrons. The molecule has 0 spiro atoms. The number of nitrogens with zero attached hydrogens (tertiary/aromatic N) is 5. The smallest absolute Gasteiger partial charge is 0.298 e. The Kier molecular flexibility index (Phi) is 3.62. The second kappa shape index (κ2) is 5.60. The first-order chi connectivity index (χ1) is 11.9. The van der Waals surface area contributed by atoms with E-state index in [2.05, 4.69) is 15.4 Å². The lowest BCUT2D eigenvalue weighted by atomic mass is 9.94. The molecular weight excluding hydrogens is 349 g/mol. The molecule has 1 unspecified atom stereocenters. The molecule has 0 aliphatic carbocycles. The van der Waals surface area contributed by atoms with Crippen LogP contribution in [0.4, 0.5) is 4.39 Å². The maximum Gasteiger partial charge on any atom is 0.298 e. The van der Waals surface area contributed by atoms with E-state index in [0.717, 1.165) is 0 Å². The van der Waals surface area contributed by atoms with Gasteiger partial charge in [0.05, 0.1) is 18.8 Å². The number of rotatable bonds is 3. The molecule has 0 saturated carbocycles. The number of benzene rings is 1. The Labute approximate surface area is 147 Å². The molecule has 4 rings (SSSR count). The number of fused-ring (bicyclic) bond motifs is 1. The minimum Gasteiger partial charge on any atom is -0.371 e. The fraction of sp³-hybridized carbons (Fsp3) is 0.375. The standard InChI is InChI=1S/C16H15ClFN5O2/c1-16(2)11(8-25-16)23-15(24)13-12(19-21-23)14(17)22(20-13)7-9-5-3-4-6-10(9)18/h3-6,11H,7-8H2,1-2H3. The SMILES string of the molecule is CC1(C)OCC1n1nnc2c(Cl)n(Cc3ccccc3F)nc2c1=O. The van der Waals surface area contributed by atoms with Crippen molar-refractivity contribution in [3.63, 3.8) is 0 Å². The van der Waals surface area contributed by atoms with E-state index in [1.807, 2.05) is 13.8 Å². The number of hydrogen-bond donors (Lipinski definition) is 0. The minimum atomic E-state index is -0.494. The largest absolute Gasteiger partial charge is 0.371 e. The van der Waals surface area contributed by atoms with Crippen LogP contribution in [0.25, 0.3) is 11.0 Å². The predicted octanol–water partition coefficient (Wildman–Crippen LogP) is 2.18. The van der Waals surface area contributed by atoms with Gasteiger partial charge in [-0.3, -0.25) is 4.79 Å². The summed E-state index contributed by atoms with van der Waals surface area (Å²) in [6.07, 6.45) is 0. The van der Waals surface area contributed by atoms with Crippen LogP contribution in [-0.2, 0) is 11.3 Å². The lowest BCUT2D eigenvalue weighted by molar-refractivity contribution is -0.176. The van der Waals surface area contributed by atoms with Crippen LogP contribution in [0, 0.1) is 5.82 Å². The first kappa shape index (κ1) is 16.2. The zero-order chi connectivity index (χ0) is 17.8. The van der Waals surface area contributed by atoms with Crippen LogP contribution in [0.5, 0.6) is 0 Å². The van der Waals surface area contributed by atoms with Gasteiger partial charge < -0.3 is 4.74 Å². The van der Waals surface area contributed by atoms with Crippen LogP contribution >= 0.6 is 11.6 Å². The van der Waals surface area contributed by atoms with Crippen LogP contribution in [0.1, 0.15) is 25.5 Å². The highest BCUT2D eigenvalue weighted by atomic mass is 35.5. The lowest BCUT2D eigenvalue weighted by Crippen LogP contribution is -2.53. The molecule has 1 atom stereocenters. The maximum absolute atomic E-state index is 13.9. The Hall–Kier alpha value is -2.32. The van der Waals surface area contributed by atoms with E-state index >= 15 is 0 Å². The number of aromatic nitrogens is 5. The number of hydrogen-bond acceptors (Lipinski definition) is 5. The minimum absolute atomic E-state index is 0.0966. The van der Waals surface area contributed by atoms with Gasteiger partial charge in [0.15, 0.2) is 16.2 Å². The molecule has 0 amide bonds. The zero-order valence-electron chi connectivity index (χ0n) is 13.6. The Bertz CT molecular complexity index is 1030. The van der Waals surface area contributed by atoms with Crippen molar-refractivity contribution < 1.29 is 9.13 Å². The van der Waals surface area contributed by atoms with Crippen molar-refractivity contribution in [1.29, 1.82) is 0 Å². The summed E-state index contributed by atoms with van der Waals surface area (Å²) in [5, 5.41) is 12.4. The summed E-state index contributed by atoms with van der Waals surface area (Å²) in [5.41, 5.74) is -0.151. The summed E-state index contributed by atoms with van der Waals surface area (Å²) in [5.74, 6) is -0.366. The molecular formula is C16H15ClFN5O2. The second-order valence-electron chi connectivity index (χ2n) is 6.51. The highest BCUT2D eigenvalue weighted by Gasteiger charge is 2.43. The van der Waals surface area contributed by atoms with Gasteiger partial charge >= 0.3 is 0 Å². The van der Waals surface area contributed by atoms with Crippen LogP contribution < -0.4 is 5.56 Å². The highest BCUT2D eigenvalue weighted by molar-refractivity contribution is 6.33. The lowest BCUT2D eigenvalue weighted by Gasteiger charge is -2.43. The molecule has 1 saturated heterocycles. The number of halogens is 2. The Morgan fingerprint density at radius 2 is 2.12 bits per heavy atom. The van der Waals surface area contributed by atoms with E-state index < -0.39 is 5.60 Å². The molecule has 1 fully saturated rings. The van der Waals surface area contributed by atoms with Gasteiger partial charge in [0.1, 0.15) is 11.9 Å². The van der Waals surface area contributed by atoms with Gasteiger partial charge in [0.25, 0.3) is 5.56 Å². The normalized spacial score (nSPS) is 19.1. The maximum atomic E-state index is 13.9. The molecule has 0 N–H and O–H groups in total. The van der Waals surface area contributed by atoms with Gasteiger partial charge in [0, 0.05) is 5.56 Å². The quantitative estimate of drug-likeness (QED) is 0.713. The zero-order valence-corrected chi connectivity index (χ0v) is 14.4. The third-order valence-electron chi connectivity index (χ3n) is 4.51. The van der Waals surface area contributed by atoms with Gasteiger partial charge in [-0.05, 0) is 19.9 Å². The van der Waals surface area contributed by atoms with Crippen molar-refractivity contribution in [1.82, 2.24) is 24.8 Å². The van der Waals surface area contributed by atoms with Crippen LogP contribution in [0.2, 0.25) is 5.15 Å². The van der Waals surface area contributed by atoms with Crippen LogP contribution in [0.3, 0.4) is 0 Å². The summed E-state index contributed by atoms with van der Waals surface area (Å²) < 4.78 is 21.9. The van der Waals surface area contributed by atoms with Crippen molar-refractivity contribution in [3.8, 4) is 0 Å². The Balaban J connectivity index is 1.79. The average Bonchev–Trinajstić information content (AvgIpc) is 2.88. The second-order valence-corrected chi connectivity index (χ2v) is 6.86. The average molecular weight is 364 g/mol. The van der Waals surface area contributed by atoms with Gasteiger partial charge in [-0.1, -0.05) is 35.0 Å². The number of ether oxygens (including phenoxy) is 1. The van der Waals surface area contributed by atoms with E-state index in [1.165, 1.54) is 15.4 Å². The van der Waals surface area contributed by atoms with Crippen LogP contribution in [-0.4, -0.2) is 37.0 Å². The molecule has 2 aromatic heterocycles. The fourth-order valence-corrected chi connectivity index (χ4v) is 3.08. The fourth-order valence-electron chi connectivity index (χ4n) is 2.86. The molecule has 0 bridgehead atoms. The van der Waals surface area contributed by atoms with Crippen molar-refractivity contribution in [3.05, 3.63) is 51.2 Å². The summed E-state index contributed by atoms with van der Waals surface area (Å²) in [7, 11) is 0. The van der Waals surface area contributed by atoms with Crippen LogP contribution in [0.15, 0.2) is 29.1 Å². The summed E-state index contributed by atoms with van der Waals surface area (Å²) in [6.45, 7) is 4.24. The molecule has 3 heterocycles. The first-order valence-corrected chi connectivity index (χ1v) is 8.15. The summed E-state index contributed by atoms with van der Waals surface area (Å²) in [6, 6.07) is 6.11. The third kappa shape index (κ3) is 2.52. The van der Waals surface area contributed by atoms with Gasteiger partial charge in [-0.15, -0.1) is 5.10 Å². The van der Waals surface area contributed by atoms with Gasteiger partial charge in [-0.25, -0.2) is 13.8 Å². The van der Waals surface area contributed by atoms with E-state index in [-0.39, 0.29) is 40.1 Å². The van der Waals surface area contributed by atoms with Gasteiger partial charge in [-0.2, -0.15) is 5.10 Å². The van der Waals surface area contributed by atoms with Crippen molar-refractivity contribution in [2.24, 2.45) is 0 Å². The molecule has 0 radical (unpaired) electrons. The molecule has 25 heavy (non-hydrogen) atoms. The molecule has 9 heteroatoms. The highest BCUT2D eigenvalue weighted by Crippen LogP contribution is 2.35. The Morgan fingerprint density at radius 3 is 2.76 bits per heavy atom. The Morgan fingerprint density at radius 1 is 1.36 bits per heavy atom. The molecule has 1 aliphatic heterocycles. The van der Waals surface area contributed by atoms with Crippen molar-refractivity contribution in [2.45, 2.75) is 32.0 Å². The first-order valence-electron chi connectivity index (χ1n) is 7.77. The summed E-state index contributed by atoms with van der Waals surface area (Å²) >= 11 is 6.27. The van der Waals surface area contributed by atoms with E-state index in [9.17, 15) is 9.18 Å².